The molecular weight excluding hydrogens is 210 g/mol. The number of rotatable bonds is 5. The molecular formula is C10H17N3OS. The maximum Gasteiger partial charge on any atom is 0.229 e. The molecule has 0 saturated heterocycles. The van der Waals surface area contributed by atoms with Crippen LogP contribution in [0.3, 0.4) is 0 Å². The van der Waals surface area contributed by atoms with Crippen LogP contribution >= 0.6 is 11.8 Å². The molecule has 0 amide bonds. The molecule has 5 heteroatoms. The standard InChI is InChI=1S/C10H17N3OS/c1-10(2,11)6-15-5-8-12-9(14-13-8)7-3-4-7/h7H,3-6,11H2,1-2H3. The van der Waals surface area contributed by atoms with Gasteiger partial charge in [-0.15, -0.1) is 0 Å². The highest BCUT2D eigenvalue weighted by atomic mass is 32.2. The Hall–Kier alpha value is -0.550. The van der Waals surface area contributed by atoms with E-state index in [9.17, 15) is 0 Å². The minimum absolute atomic E-state index is 0.131. The summed E-state index contributed by atoms with van der Waals surface area (Å²) in [6.07, 6.45) is 2.40. The van der Waals surface area contributed by atoms with Gasteiger partial charge >= 0.3 is 0 Å². The molecule has 2 rings (SSSR count). The second kappa shape index (κ2) is 4.14. The molecule has 0 spiro atoms. The first-order valence-corrected chi connectivity index (χ1v) is 6.39. The molecule has 1 aromatic heterocycles. The Balaban J connectivity index is 1.78. The zero-order chi connectivity index (χ0) is 10.9. The van der Waals surface area contributed by atoms with Gasteiger partial charge in [-0.3, -0.25) is 0 Å². The molecule has 0 unspecified atom stereocenters. The van der Waals surface area contributed by atoms with Crippen molar-refractivity contribution in [3.8, 4) is 0 Å². The van der Waals surface area contributed by atoms with Gasteiger partial charge < -0.3 is 10.3 Å². The summed E-state index contributed by atoms with van der Waals surface area (Å²) in [6, 6.07) is 0. The number of thioether (sulfide) groups is 1. The Morgan fingerprint density at radius 2 is 2.27 bits per heavy atom. The lowest BCUT2D eigenvalue weighted by molar-refractivity contribution is 0.375. The van der Waals surface area contributed by atoms with E-state index in [4.69, 9.17) is 10.3 Å². The molecule has 1 heterocycles. The summed E-state index contributed by atoms with van der Waals surface area (Å²) in [5.74, 6) is 3.85. The van der Waals surface area contributed by atoms with E-state index in [0.29, 0.717) is 5.92 Å². The molecule has 1 aliphatic carbocycles. The van der Waals surface area contributed by atoms with E-state index in [1.165, 1.54) is 12.8 Å². The SMILES string of the molecule is CC(C)(N)CSCc1noc(C2CC2)n1. The van der Waals surface area contributed by atoms with Crippen LogP contribution in [-0.2, 0) is 5.75 Å². The molecule has 0 radical (unpaired) electrons. The zero-order valence-electron chi connectivity index (χ0n) is 9.19. The fraction of sp³-hybridized carbons (Fsp3) is 0.800. The molecule has 1 saturated carbocycles. The number of hydrogen-bond acceptors (Lipinski definition) is 5. The highest BCUT2D eigenvalue weighted by Crippen LogP contribution is 2.38. The molecule has 0 aliphatic heterocycles. The number of nitrogens with two attached hydrogens (primary N) is 1. The maximum absolute atomic E-state index is 5.88. The lowest BCUT2D eigenvalue weighted by Crippen LogP contribution is -2.34. The van der Waals surface area contributed by atoms with Crippen LogP contribution in [0.2, 0.25) is 0 Å². The molecule has 4 nitrogen and oxygen atoms in total. The van der Waals surface area contributed by atoms with E-state index in [1.54, 1.807) is 11.8 Å². The van der Waals surface area contributed by atoms with Gasteiger partial charge in [0.15, 0.2) is 5.82 Å². The first-order valence-electron chi connectivity index (χ1n) is 5.24. The van der Waals surface area contributed by atoms with Gasteiger partial charge in [0, 0.05) is 17.2 Å². The van der Waals surface area contributed by atoms with E-state index in [-0.39, 0.29) is 5.54 Å². The highest BCUT2D eigenvalue weighted by Gasteiger charge is 2.29. The average Bonchev–Trinajstić information content (AvgIpc) is 2.86. The monoisotopic (exact) mass is 227 g/mol. The van der Waals surface area contributed by atoms with Crippen molar-refractivity contribution in [2.75, 3.05) is 5.75 Å². The van der Waals surface area contributed by atoms with E-state index in [2.05, 4.69) is 10.1 Å². The summed E-state index contributed by atoms with van der Waals surface area (Å²) >= 11 is 1.75. The number of nitrogens with zero attached hydrogens (tertiary/aromatic N) is 2. The average molecular weight is 227 g/mol. The van der Waals surface area contributed by atoms with Crippen LogP contribution in [0.1, 0.15) is 44.3 Å². The maximum atomic E-state index is 5.88. The summed E-state index contributed by atoms with van der Waals surface area (Å²) in [4.78, 5) is 4.35. The summed E-state index contributed by atoms with van der Waals surface area (Å²) in [5, 5.41) is 3.95. The normalized spacial score (nSPS) is 17.0. The van der Waals surface area contributed by atoms with Crippen molar-refractivity contribution >= 4 is 11.8 Å². The van der Waals surface area contributed by atoms with Crippen molar-refractivity contribution in [2.24, 2.45) is 5.73 Å². The molecule has 2 N–H and O–H groups in total. The van der Waals surface area contributed by atoms with Crippen LogP contribution in [0.25, 0.3) is 0 Å². The first-order chi connectivity index (χ1) is 7.04. The van der Waals surface area contributed by atoms with Crippen LogP contribution in [0.5, 0.6) is 0 Å². The largest absolute Gasteiger partial charge is 0.339 e. The van der Waals surface area contributed by atoms with E-state index in [1.807, 2.05) is 13.8 Å². The third-order valence-corrected chi connectivity index (χ3v) is 3.53. The highest BCUT2D eigenvalue weighted by molar-refractivity contribution is 7.98. The molecule has 15 heavy (non-hydrogen) atoms. The quantitative estimate of drug-likeness (QED) is 0.832. The molecule has 0 bridgehead atoms. The second-order valence-corrected chi connectivity index (χ2v) is 5.79. The van der Waals surface area contributed by atoms with E-state index in [0.717, 1.165) is 23.2 Å². The predicted molar refractivity (Wildman–Crippen MR) is 60.7 cm³/mol. The Kier molecular flexibility index (Phi) is 3.02. The summed E-state index contributed by atoms with van der Waals surface area (Å²) in [5.41, 5.74) is 5.75. The Morgan fingerprint density at radius 3 is 2.87 bits per heavy atom. The third kappa shape index (κ3) is 3.50. The molecule has 1 aliphatic rings. The van der Waals surface area contributed by atoms with Gasteiger partial charge in [-0.25, -0.2) is 0 Å². The first kappa shape index (κ1) is 11.0. The van der Waals surface area contributed by atoms with Crippen molar-refractivity contribution in [1.82, 2.24) is 10.1 Å². The van der Waals surface area contributed by atoms with Crippen molar-refractivity contribution in [2.45, 2.75) is 43.9 Å². The summed E-state index contributed by atoms with van der Waals surface area (Å²) < 4.78 is 5.17. The van der Waals surface area contributed by atoms with Crippen molar-refractivity contribution in [1.29, 1.82) is 0 Å². The van der Waals surface area contributed by atoms with E-state index < -0.39 is 0 Å². The lowest BCUT2D eigenvalue weighted by Gasteiger charge is -2.16. The fourth-order valence-corrected chi connectivity index (χ4v) is 2.16. The second-order valence-electron chi connectivity index (χ2n) is 4.80. The minimum Gasteiger partial charge on any atom is -0.339 e. The Morgan fingerprint density at radius 1 is 1.53 bits per heavy atom. The van der Waals surface area contributed by atoms with Crippen molar-refractivity contribution in [3.63, 3.8) is 0 Å². The topological polar surface area (TPSA) is 64.9 Å². The van der Waals surface area contributed by atoms with Crippen LogP contribution in [0, 0.1) is 0 Å². The van der Waals surface area contributed by atoms with Crippen LogP contribution in [0.15, 0.2) is 4.52 Å². The van der Waals surface area contributed by atoms with Gasteiger partial charge in [0.05, 0.1) is 5.75 Å². The van der Waals surface area contributed by atoms with Gasteiger partial charge in [0.2, 0.25) is 5.89 Å². The van der Waals surface area contributed by atoms with Crippen LogP contribution in [-0.4, -0.2) is 21.4 Å². The smallest absolute Gasteiger partial charge is 0.229 e. The molecule has 0 atom stereocenters. The fourth-order valence-electron chi connectivity index (χ4n) is 1.23. The number of hydrogen-bond donors (Lipinski definition) is 1. The van der Waals surface area contributed by atoms with Gasteiger partial charge in [0.1, 0.15) is 0 Å². The minimum atomic E-state index is -0.131. The van der Waals surface area contributed by atoms with Gasteiger partial charge in [-0.2, -0.15) is 16.7 Å². The Bertz CT molecular complexity index is 328. The predicted octanol–water partition coefficient (Wildman–Crippen LogP) is 1.92. The summed E-state index contributed by atoms with van der Waals surface area (Å²) in [6.45, 7) is 4.04. The molecule has 1 aromatic rings. The van der Waals surface area contributed by atoms with Crippen molar-refractivity contribution < 1.29 is 4.52 Å². The van der Waals surface area contributed by atoms with Crippen LogP contribution < -0.4 is 5.73 Å². The molecule has 1 fully saturated rings. The molecule has 84 valence electrons. The third-order valence-electron chi connectivity index (χ3n) is 2.12. The molecule has 0 aromatic carbocycles. The van der Waals surface area contributed by atoms with E-state index >= 15 is 0 Å². The lowest BCUT2D eigenvalue weighted by atomic mass is 10.1. The van der Waals surface area contributed by atoms with Crippen molar-refractivity contribution in [3.05, 3.63) is 11.7 Å². The van der Waals surface area contributed by atoms with Crippen LogP contribution in [0.4, 0.5) is 0 Å². The van der Waals surface area contributed by atoms with Gasteiger partial charge in [0.25, 0.3) is 0 Å². The number of aromatic nitrogens is 2. The summed E-state index contributed by atoms with van der Waals surface area (Å²) in [7, 11) is 0. The zero-order valence-corrected chi connectivity index (χ0v) is 10.0. The van der Waals surface area contributed by atoms with Gasteiger partial charge in [-0.1, -0.05) is 5.16 Å². The Labute approximate surface area is 94.0 Å². The van der Waals surface area contributed by atoms with Gasteiger partial charge in [-0.05, 0) is 26.7 Å².